The lowest BCUT2D eigenvalue weighted by Crippen LogP contribution is -2.23. The van der Waals surface area contributed by atoms with Gasteiger partial charge >= 0.3 is 0 Å². The Morgan fingerprint density at radius 2 is 1.65 bits per heavy atom. The van der Waals surface area contributed by atoms with E-state index in [2.05, 4.69) is 5.32 Å². The Bertz CT molecular complexity index is 609. The first-order chi connectivity index (χ1) is 9.60. The maximum absolute atomic E-state index is 12.1. The van der Waals surface area contributed by atoms with E-state index in [9.17, 15) is 4.79 Å². The maximum atomic E-state index is 12.1. The molecule has 1 amide bonds. The first kappa shape index (κ1) is 14.9. The molecule has 0 unspecified atom stereocenters. The lowest BCUT2D eigenvalue weighted by Gasteiger charge is -2.09. The van der Waals surface area contributed by atoms with Gasteiger partial charge < -0.3 is 11.1 Å². The van der Waals surface area contributed by atoms with E-state index in [0.29, 0.717) is 28.7 Å². The molecule has 20 heavy (non-hydrogen) atoms. The van der Waals surface area contributed by atoms with Gasteiger partial charge in [-0.3, -0.25) is 4.79 Å². The Balaban J connectivity index is 2.08. The number of carbonyl (C=O) groups excluding carboxylic acids is 1. The predicted octanol–water partition coefficient (Wildman–Crippen LogP) is 3.38. The SMILES string of the molecule is NCc1ccccc1CNC(=O)c1cc(Cl)cc(Cl)c1. The third-order valence-electron chi connectivity index (χ3n) is 2.90. The summed E-state index contributed by atoms with van der Waals surface area (Å²) in [6.07, 6.45) is 0. The molecule has 2 aromatic carbocycles. The highest BCUT2D eigenvalue weighted by Gasteiger charge is 2.08. The Labute approximate surface area is 127 Å². The molecular formula is C15H14Cl2N2O. The van der Waals surface area contributed by atoms with Gasteiger partial charge in [-0.2, -0.15) is 0 Å². The molecule has 0 atom stereocenters. The van der Waals surface area contributed by atoms with Gasteiger partial charge in [0.2, 0.25) is 0 Å². The van der Waals surface area contributed by atoms with Crippen LogP contribution in [0.25, 0.3) is 0 Å². The van der Waals surface area contributed by atoms with E-state index in [0.717, 1.165) is 11.1 Å². The first-order valence-electron chi connectivity index (χ1n) is 6.11. The minimum absolute atomic E-state index is 0.221. The van der Waals surface area contributed by atoms with Crippen LogP contribution in [-0.2, 0) is 13.1 Å². The summed E-state index contributed by atoms with van der Waals surface area (Å²) in [5.74, 6) is -0.221. The summed E-state index contributed by atoms with van der Waals surface area (Å²) in [7, 11) is 0. The second-order valence-corrected chi connectivity index (χ2v) is 5.19. The molecule has 5 heteroatoms. The molecule has 0 fully saturated rings. The smallest absolute Gasteiger partial charge is 0.251 e. The summed E-state index contributed by atoms with van der Waals surface area (Å²) >= 11 is 11.8. The third kappa shape index (κ3) is 3.73. The summed E-state index contributed by atoms with van der Waals surface area (Å²) in [6, 6.07) is 12.5. The lowest BCUT2D eigenvalue weighted by molar-refractivity contribution is 0.0951. The van der Waals surface area contributed by atoms with Gasteiger partial charge in [-0.25, -0.2) is 0 Å². The van der Waals surface area contributed by atoms with Crippen LogP contribution in [0.5, 0.6) is 0 Å². The molecule has 0 bridgehead atoms. The van der Waals surface area contributed by atoms with Gasteiger partial charge in [0.25, 0.3) is 5.91 Å². The predicted molar refractivity (Wildman–Crippen MR) is 82.0 cm³/mol. The van der Waals surface area contributed by atoms with Crippen LogP contribution >= 0.6 is 23.2 Å². The van der Waals surface area contributed by atoms with Crippen LogP contribution in [-0.4, -0.2) is 5.91 Å². The summed E-state index contributed by atoms with van der Waals surface area (Å²) in [5.41, 5.74) is 8.11. The number of carbonyl (C=O) groups is 1. The van der Waals surface area contributed by atoms with Gasteiger partial charge in [0.05, 0.1) is 0 Å². The Hall–Kier alpha value is -1.55. The minimum Gasteiger partial charge on any atom is -0.348 e. The fourth-order valence-corrected chi connectivity index (χ4v) is 2.42. The van der Waals surface area contributed by atoms with Gasteiger partial charge in [0.15, 0.2) is 0 Å². The quantitative estimate of drug-likeness (QED) is 0.909. The normalized spacial score (nSPS) is 10.3. The number of nitrogens with two attached hydrogens (primary N) is 1. The first-order valence-corrected chi connectivity index (χ1v) is 6.87. The molecule has 2 aromatic rings. The average molecular weight is 309 g/mol. The van der Waals surface area contributed by atoms with Gasteiger partial charge in [0, 0.05) is 28.7 Å². The molecule has 0 saturated carbocycles. The zero-order valence-electron chi connectivity index (χ0n) is 10.7. The number of nitrogens with one attached hydrogen (secondary N) is 1. The molecule has 0 saturated heterocycles. The zero-order valence-corrected chi connectivity index (χ0v) is 12.2. The van der Waals surface area contributed by atoms with Crippen LogP contribution in [0, 0.1) is 0 Å². The van der Waals surface area contributed by atoms with Crippen molar-refractivity contribution in [3.8, 4) is 0 Å². The number of rotatable bonds is 4. The highest BCUT2D eigenvalue weighted by atomic mass is 35.5. The van der Waals surface area contributed by atoms with E-state index in [1.807, 2.05) is 24.3 Å². The monoisotopic (exact) mass is 308 g/mol. The minimum atomic E-state index is -0.221. The van der Waals surface area contributed by atoms with Crippen molar-refractivity contribution in [1.82, 2.24) is 5.32 Å². The van der Waals surface area contributed by atoms with Crippen LogP contribution in [0.3, 0.4) is 0 Å². The van der Waals surface area contributed by atoms with Crippen molar-refractivity contribution in [3.63, 3.8) is 0 Å². The van der Waals surface area contributed by atoms with E-state index in [1.165, 1.54) is 0 Å². The Kier molecular flexibility index (Phi) is 5.01. The van der Waals surface area contributed by atoms with Gasteiger partial charge in [0.1, 0.15) is 0 Å². The molecule has 0 aliphatic rings. The molecule has 0 radical (unpaired) electrons. The molecule has 0 aliphatic heterocycles. The highest BCUT2D eigenvalue weighted by molar-refractivity contribution is 6.35. The van der Waals surface area contributed by atoms with Crippen molar-refractivity contribution >= 4 is 29.1 Å². The fraction of sp³-hybridized carbons (Fsp3) is 0.133. The number of benzene rings is 2. The Morgan fingerprint density at radius 3 is 2.25 bits per heavy atom. The summed E-state index contributed by atoms with van der Waals surface area (Å²) in [5, 5.41) is 3.70. The number of halogens is 2. The van der Waals surface area contributed by atoms with E-state index >= 15 is 0 Å². The summed E-state index contributed by atoms with van der Waals surface area (Å²) in [4.78, 5) is 12.1. The number of hydrogen-bond acceptors (Lipinski definition) is 2. The number of hydrogen-bond donors (Lipinski definition) is 2. The van der Waals surface area contributed by atoms with Crippen molar-refractivity contribution in [2.75, 3.05) is 0 Å². The van der Waals surface area contributed by atoms with E-state index in [1.54, 1.807) is 18.2 Å². The molecular weight excluding hydrogens is 295 g/mol. The van der Waals surface area contributed by atoms with Crippen molar-refractivity contribution < 1.29 is 4.79 Å². The average Bonchev–Trinajstić information content (AvgIpc) is 2.44. The summed E-state index contributed by atoms with van der Waals surface area (Å²) < 4.78 is 0. The van der Waals surface area contributed by atoms with Gasteiger partial charge in [-0.1, -0.05) is 47.5 Å². The molecule has 3 nitrogen and oxygen atoms in total. The molecule has 0 aromatic heterocycles. The molecule has 0 spiro atoms. The fourth-order valence-electron chi connectivity index (χ4n) is 1.89. The lowest BCUT2D eigenvalue weighted by atomic mass is 10.1. The van der Waals surface area contributed by atoms with Crippen LogP contribution < -0.4 is 11.1 Å². The molecule has 2 rings (SSSR count). The van der Waals surface area contributed by atoms with Crippen molar-refractivity contribution in [1.29, 1.82) is 0 Å². The maximum Gasteiger partial charge on any atom is 0.251 e. The van der Waals surface area contributed by atoms with Crippen LogP contribution in [0.4, 0.5) is 0 Å². The Morgan fingerprint density at radius 1 is 1.05 bits per heavy atom. The van der Waals surface area contributed by atoms with Crippen molar-refractivity contribution in [2.45, 2.75) is 13.1 Å². The van der Waals surface area contributed by atoms with E-state index < -0.39 is 0 Å². The second kappa shape index (κ2) is 6.75. The summed E-state index contributed by atoms with van der Waals surface area (Å²) in [6.45, 7) is 0.853. The van der Waals surface area contributed by atoms with Crippen LogP contribution in [0.15, 0.2) is 42.5 Å². The van der Waals surface area contributed by atoms with E-state index in [4.69, 9.17) is 28.9 Å². The topological polar surface area (TPSA) is 55.1 Å². The second-order valence-electron chi connectivity index (χ2n) is 4.31. The van der Waals surface area contributed by atoms with Crippen molar-refractivity contribution in [3.05, 3.63) is 69.2 Å². The van der Waals surface area contributed by atoms with E-state index in [-0.39, 0.29) is 5.91 Å². The zero-order chi connectivity index (χ0) is 14.5. The van der Waals surface area contributed by atoms with Crippen LogP contribution in [0.2, 0.25) is 10.0 Å². The molecule has 0 heterocycles. The third-order valence-corrected chi connectivity index (χ3v) is 3.34. The van der Waals surface area contributed by atoms with Crippen LogP contribution in [0.1, 0.15) is 21.5 Å². The van der Waals surface area contributed by atoms with Crippen molar-refractivity contribution in [2.24, 2.45) is 5.73 Å². The molecule has 0 aliphatic carbocycles. The standard InChI is InChI=1S/C15H14Cl2N2O/c16-13-5-12(6-14(17)7-13)15(20)19-9-11-4-2-1-3-10(11)8-18/h1-7H,8-9,18H2,(H,19,20). The van der Waals surface area contributed by atoms with Gasteiger partial charge in [-0.05, 0) is 29.3 Å². The van der Waals surface area contributed by atoms with Gasteiger partial charge in [-0.15, -0.1) is 0 Å². The largest absolute Gasteiger partial charge is 0.348 e. The number of amides is 1. The molecule has 104 valence electrons. The molecule has 3 N–H and O–H groups in total. The highest BCUT2D eigenvalue weighted by Crippen LogP contribution is 2.19.